The van der Waals surface area contributed by atoms with E-state index in [2.05, 4.69) is 19.2 Å². The molecular formula is C38H79NO2. The molecule has 0 atom stereocenters. The zero-order valence-electron chi connectivity index (χ0n) is 28.9. The maximum absolute atomic E-state index is 12.0. The number of carbonyl (C=O) groups is 1. The van der Waals surface area contributed by atoms with Gasteiger partial charge in [-0.25, -0.2) is 0 Å². The van der Waals surface area contributed by atoms with Crippen LogP contribution in [0.4, 0.5) is 0 Å². The van der Waals surface area contributed by atoms with Crippen LogP contribution in [0.5, 0.6) is 0 Å². The summed E-state index contributed by atoms with van der Waals surface area (Å²) in [6.45, 7) is 7.40. The summed E-state index contributed by atoms with van der Waals surface area (Å²) in [5, 5.41) is 10.7. The van der Waals surface area contributed by atoms with Crippen molar-refractivity contribution in [1.82, 2.24) is 5.32 Å². The van der Waals surface area contributed by atoms with Gasteiger partial charge >= 0.3 is 0 Å². The molecule has 0 bridgehead atoms. The molecule has 0 unspecified atom stereocenters. The normalized spacial score (nSPS) is 10.9. The van der Waals surface area contributed by atoms with E-state index in [0.717, 1.165) is 25.8 Å². The van der Waals surface area contributed by atoms with E-state index in [1.165, 1.54) is 186 Å². The molecule has 248 valence electrons. The molecule has 0 saturated heterocycles. The number of carbonyl (C=O) groups excluding carboxylic acids is 1. The van der Waals surface area contributed by atoms with E-state index in [0.29, 0.717) is 0 Å². The van der Waals surface area contributed by atoms with Gasteiger partial charge < -0.3 is 10.4 Å². The predicted octanol–water partition coefficient (Wildman–Crippen LogP) is 12.6. The molecule has 0 rings (SSSR count). The lowest BCUT2D eigenvalue weighted by molar-refractivity contribution is -0.121. The second-order valence-electron chi connectivity index (χ2n) is 12.7. The third-order valence-electron chi connectivity index (χ3n) is 8.36. The average Bonchev–Trinajstić information content (AvgIpc) is 2.97. The summed E-state index contributed by atoms with van der Waals surface area (Å²) >= 11 is 0. The van der Waals surface area contributed by atoms with Gasteiger partial charge in [0.25, 0.3) is 0 Å². The van der Waals surface area contributed by atoms with Crippen LogP contribution in [0.2, 0.25) is 0 Å². The molecule has 0 aromatic carbocycles. The fourth-order valence-electron chi connectivity index (χ4n) is 5.65. The lowest BCUT2D eigenvalue weighted by atomic mass is 10.0. The van der Waals surface area contributed by atoms with Crippen LogP contribution in [0.1, 0.15) is 226 Å². The zero-order valence-corrected chi connectivity index (χ0v) is 28.9. The highest BCUT2D eigenvalue weighted by Gasteiger charge is 2.01. The summed E-state index contributed by atoms with van der Waals surface area (Å²) in [4.78, 5) is 12.0. The van der Waals surface area contributed by atoms with Crippen LogP contribution in [-0.2, 0) is 4.79 Å². The van der Waals surface area contributed by atoms with Crippen LogP contribution in [0.25, 0.3) is 0 Å². The van der Waals surface area contributed by atoms with E-state index >= 15 is 0 Å². The topological polar surface area (TPSA) is 49.3 Å². The molecule has 0 fully saturated rings. The molecule has 0 heterocycles. The minimum absolute atomic E-state index is 0.250. The van der Waals surface area contributed by atoms with Gasteiger partial charge in [0, 0.05) is 19.6 Å². The quantitative estimate of drug-likeness (QED) is 0.0757. The number of hydrogen-bond acceptors (Lipinski definition) is 2. The van der Waals surface area contributed by atoms with E-state index in [9.17, 15) is 4.79 Å². The van der Waals surface area contributed by atoms with Gasteiger partial charge in [-0.3, -0.25) is 4.79 Å². The summed E-state index contributed by atoms with van der Waals surface area (Å²) in [5.41, 5.74) is 0. The first-order chi connectivity index (χ1) is 20.2. The number of nitrogens with one attached hydrogen (secondary N) is 1. The highest BCUT2D eigenvalue weighted by molar-refractivity contribution is 5.75. The van der Waals surface area contributed by atoms with Crippen LogP contribution >= 0.6 is 0 Å². The van der Waals surface area contributed by atoms with Crippen LogP contribution < -0.4 is 5.32 Å². The largest absolute Gasteiger partial charge is 0.397 e. The van der Waals surface area contributed by atoms with E-state index in [1.54, 1.807) is 6.92 Å². The first-order valence-corrected chi connectivity index (χ1v) is 19.1. The molecule has 0 aromatic rings. The number of aliphatic hydroxyl groups excluding tert-OH is 1. The summed E-state index contributed by atoms with van der Waals surface area (Å²) in [7, 11) is 0. The van der Waals surface area contributed by atoms with Gasteiger partial charge in [0.2, 0.25) is 5.91 Å². The molecule has 41 heavy (non-hydrogen) atoms. The Morgan fingerprint density at radius 1 is 0.390 bits per heavy atom. The molecule has 0 aliphatic heterocycles. The van der Waals surface area contributed by atoms with Crippen molar-refractivity contribution in [3.63, 3.8) is 0 Å². The van der Waals surface area contributed by atoms with Gasteiger partial charge in [0.15, 0.2) is 0 Å². The number of rotatable bonds is 33. The highest BCUT2D eigenvalue weighted by atomic mass is 16.2. The van der Waals surface area contributed by atoms with Crippen molar-refractivity contribution in [2.45, 2.75) is 226 Å². The molecule has 0 aliphatic carbocycles. The Morgan fingerprint density at radius 3 is 0.878 bits per heavy atom. The second kappa shape index (κ2) is 41.6. The van der Waals surface area contributed by atoms with Gasteiger partial charge in [0.05, 0.1) is 0 Å². The highest BCUT2D eigenvalue weighted by Crippen LogP contribution is 2.15. The smallest absolute Gasteiger partial charge is 0.219 e. The average molecular weight is 582 g/mol. The van der Waals surface area contributed by atoms with Crippen molar-refractivity contribution >= 4 is 5.91 Å². The summed E-state index contributed by atoms with van der Waals surface area (Å²) in [6, 6.07) is 0. The SMILES string of the molecule is CCCCCCCCCCCCCCCCCCCC(=O)NCCCCCCCCCCCCCCCC.CCO. The Bertz CT molecular complexity index is 454. The maximum atomic E-state index is 12.0. The van der Waals surface area contributed by atoms with E-state index in [4.69, 9.17) is 5.11 Å². The van der Waals surface area contributed by atoms with E-state index in [1.807, 2.05) is 0 Å². The lowest BCUT2D eigenvalue weighted by Crippen LogP contribution is -2.23. The van der Waals surface area contributed by atoms with Gasteiger partial charge in [0.1, 0.15) is 0 Å². The molecule has 3 nitrogen and oxygen atoms in total. The Balaban J connectivity index is 0. The number of aliphatic hydroxyl groups is 1. The maximum Gasteiger partial charge on any atom is 0.219 e. The van der Waals surface area contributed by atoms with Crippen LogP contribution in [-0.4, -0.2) is 24.2 Å². The molecule has 3 heteroatoms. The third-order valence-corrected chi connectivity index (χ3v) is 8.36. The minimum atomic E-state index is 0.250. The first-order valence-electron chi connectivity index (χ1n) is 19.1. The number of hydrogen-bond donors (Lipinski definition) is 2. The van der Waals surface area contributed by atoms with Gasteiger partial charge in [-0.05, 0) is 19.8 Å². The Hall–Kier alpha value is -0.570. The van der Waals surface area contributed by atoms with E-state index in [-0.39, 0.29) is 12.5 Å². The molecule has 0 spiro atoms. The number of amides is 1. The Kier molecular flexibility index (Phi) is 43.1. The van der Waals surface area contributed by atoms with Crippen molar-refractivity contribution in [2.24, 2.45) is 0 Å². The van der Waals surface area contributed by atoms with Gasteiger partial charge in [-0.2, -0.15) is 0 Å². The summed E-state index contributed by atoms with van der Waals surface area (Å²) in [6.07, 6.45) is 43.7. The third kappa shape index (κ3) is 44.0. The minimum Gasteiger partial charge on any atom is -0.397 e. The van der Waals surface area contributed by atoms with Crippen LogP contribution in [0, 0.1) is 0 Å². The zero-order chi connectivity index (χ0) is 30.3. The van der Waals surface area contributed by atoms with E-state index < -0.39 is 0 Å². The molecule has 1 amide bonds. The summed E-state index contributed by atoms with van der Waals surface area (Å²) < 4.78 is 0. The predicted molar refractivity (Wildman–Crippen MR) is 185 cm³/mol. The van der Waals surface area contributed by atoms with Gasteiger partial charge in [-0.1, -0.05) is 200 Å². The van der Waals surface area contributed by atoms with Crippen LogP contribution in [0.15, 0.2) is 0 Å². The molecule has 0 saturated carbocycles. The van der Waals surface area contributed by atoms with Crippen molar-refractivity contribution in [3.05, 3.63) is 0 Å². The summed E-state index contributed by atoms with van der Waals surface area (Å²) in [5.74, 6) is 0.278. The standard InChI is InChI=1S/C36H73NO.C2H6O/c1-3-5-7-9-11-13-15-17-19-20-21-22-24-26-28-30-32-34-36(38)37-35-33-31-29-27-25-23-18-16-14-12-10-8-6-4-2;1-2-3/h3-35H2,1-2H3,(H,37,38);3H,2H2,1H3. The van der Waals surface area contributed by atoms with Crippen molar-refractivity contribution in [3.8, 4) is 0 Å². The monoisotopic (exact) mass is 582 g/mol. The molecule has 0 radical (unpaired) electrons. The van der Waals surface area contributed by atoms with Crippen molar-refractivity contribution in [2.75, 3.05) is 13.2 Å². The van der Waals surface area contributed by atoms with Crippen LogP contribution in [0.3, 0.4) is 0 Å². The fraction of sp³-hybridized carbons (Fsp3) is 0.974. The number of unbranched alkanes of at least 4 members (excludes halogenated alkanes) is 29. The lowest BCUT2D eigenvalue weighted by Gasteiger charge is -2.06. The molecule has 2 N–H and O–H groups in total. The Morgan fingerprint density at radius 2 is 0.610 bits per heavy atom. The second-order valence-corrected chi connectivity index (χ2v) is 12.7. The van der Waals surface area contributed by atoms with Crippen molar-refractivity contribution < 1.29 is 9.90 Å². The molecule has 0 aromatic heterocycles. The fourth-order valence-corrected chi connectivity index (χ4v) is 5.65. The van der Waals surface area contributed by atoms with Gasteiger partial charge in [-0.15, -0.1) is 0 Å². The Labute approximate surface area is 260 Å². The van der Waals surface area contributed by atoms with Crippen molar-refractivity contribution in [1.29, 1.82) is 0 Å². The molecule has 0 aliphatic rings. The molecular weight excluding hydrogens is 502 g/mol. The first kappa shape index (κ1) is 42.6.